The smallest absolute Gasteiger partial charge is 0.222 e. The molecule has 1 N–H and O–H groups in total. The molecule has 5 nitrogen and oxygen atoms in total. The van der Waals surface area contributed by atoms with Crippen molar-refractivity contribution >= 4 is 23.3 Å². The summed E-state index contributed by atoms with van der Waals surface area (Å²) >= 11 is 5.78. The van der Waals surface area contributed by atoms with Crippen molar-refractivity contribution in [3.05, 3.63) is 23.1 Å². The number of nitrogens with one attached hydrogen (secondary N) is 1. The fraction of sp³-hybridized carbons (Fsp3) is 0.625. The molecule has 2 saturated heterocycles. The molecule has 1 amide bonds. The lowest BCUT2D eigenvalue weighted by atomic mass is 9.83. The van der Waals surface area contributed by atoms with Gasteiger partial charge in [0, 0.05) is 44.8 Å². The predicted octanol–water partition coefficient (Wildman–Crippen LogP) is 1.91. The molecular weight excluding hydrogens is 319 g/mol. The first-order valence-corrected chi connectivity index (χ1v) is 8.48. The number of amides is 1. The zero-order valence-corrected chi connectivity index (χ0v) is 14.0. The van der Waals surface area contributed by atoms with E-state index in [1.807, 2.05) is 16.8 Å². The van der Waals surface area contributed by atoms with Crippen molar-refractivity contribution in [3.8, 4) is 0 Å². The Kier molecular flexibility index (Phi) is 5.02. The van der Waals surface area contributed by atoms with Gasteiger partial charge in [-0.05, 0) is 31.9 Å². The number of piperidine rings is 2. The van der Waals surface area contributed by atoms with Crippen LogP contribution in [0.15, 0.2) is 12.3 Å². The van der Waals surface area contributed by atoms with Crippen LogP contribution in [0.2, 0.25) is 5.02 Å². The van der Waals surface area contributed by atoms with E-state index in [0.29, 0.717) is 29.7 Å². The number of anilines is 1. The quantitative estimate of drug-likeness (QED) is 0.909. The van der Waals surface area contributed by atoms with E-state index < -0.39 is 0 Å². The molecule has 0 spiro atoms. The van der Waals surface area contributed by atoms with E-state index in [1.165, 1.54) is 12.3 Å². The Labute approximate surface area is 140 Å². The first kappa shape index (κ1) is 16.5. The van der Waals surface area contributed by atoms with Gasteiger partial charge < -0.3 is 15.1 Å². The molecule has 2 fully saturated rings. The molecule has 0 aromatic carbocycles. The Morgan fingerprint density at radius 2 is 2.30 bits per heavy atom. The molecule has 0 radical (unpaired) electrons. The Morgan fingerprint density at radius 3 is 3.04 bits per heavy atom. The number of hydrogen-bond acceptors (Lipinski definition) is 4. The lowest BCUT2D eigenvalue weighted by Gasteiger charge is -2.47. The standard InChI is InChI=1S/C16H22ClFN4O/c1-19-5-7-22-14-4-6-21(10-11(14)2-3-15(22)23)16-13(18)8-12(17)9-20-16/h8-9,11,14,19H,2-7,10H2,1H3/t11-,14+/m0/s1. The highest BCUT2D eigenvalue weighted by Crippen LogP contribution is 2.33. The van der Waals surface area contributed by atoms with Gasteiger partial charge in [-0.2, -0.15) is 0 Å². The molecule has 3 rings (SSSR count). The van der Waals surface area contributed by atoms with Gasteiger partial charge in [-0.1, -0.05) is 11.6 Å². The van der Waals surface area contributed by atoms with E-state index in [0.717, 1.165) is 32.5 Å². The lowest BCUT2D eigenvalue weighted by Crippen LogP contribution is -2.57. The number of hydrogen-bond donors (Lipinski definition) is 1. The summed E-state index contributed by atoms with van der Waals surface area (Å²) < 4.78 is 14.1. The molecule has 1 aromatic rings. The van der Waals surface area contributed by atoms with Crippen LogP contribution in [0.3, 0.4) is 0 Å². The van der Waals surface area contributed by atoms with Crippen LogP contribution >= 0.6 is 11.6 Å². The molecule has 0 unspecified atom stereocenters. The van der Waals surface area contributed by atoms with Crippen molar-refractivity contribution in [1.82, 2.24) is 15.2 Å². The van der Waals surface area contributed by atoms with Crippen LogP contribution in [0.1, 0.15) is 19.3 Å². The summed E-state index contributed by atoms with van der Waals surface area (Å²) in [5.41, 5.74) is 0. The third kappa shape index (κ3) is 3.43. The normalized spacial score (nSPS) is 24.7. The number of carbonyl (C=O) groups is 1. The molecule has 126 valence electrons. The van der Waals surface area contributed by atoms with E-state index in [2.05, 4.69) is 10.3 Å². The number of rotatable bonds is 4. The molecule has 2 atom stereocenters. The lowest BCUT2D eigenvalue weighted by molar-refractivity contribution is -0.139. The van der Waals surface area contributed by atoms with Crippen molar-refractivity contribution in [2.75, 3.05) is 38.1 Å². The summed E-state index contributed by atoms with van der Waals surface area (Å²) in [4.78, 5) is 20.3. The van der Waals surface area contributed by atoms with Crippen LogP contribution < -0.4 is 10.2 Å². The van der Waals surface area contributed by atoms with Crippen LogP contribution in [0.25, 0.3) is 0 Å². The minimum Gasteiger partial charge on any atom is -0.354 e. The van der Waals surface area contributed by atoms with Gasteiger partial charge in [-0.15, -0.1) is 0 Å². The average molecular weight is 341 g/mol. The van der Waals surface area contributed by atoms with Crippen LogP contribution in [0, 0.1) is 11.7 Å². The van der Waals surface area contributed by atoms with Gasteiger partial charge in [0.15, 0.2) is 11.6 Å². The van der Waals surface area contributed by atoms with E-state index in [9.17, 15) is 9.18 Å². The maximum absolute atomic E-state index is 14.1. The van der Waals surface area contributed by atoms with Crippen molar-refractivity contribution in [2.45, 2.75) is 25.3 Å². The number of pyridine rings is 1. The average Bonchev–Trinajstić information content (AvgIpc) is 2.53. The molecular formula is C16H22ClFN4O. The summed E-state index contributed by atoms with van der Waals surface area (Å²) in [7, 11) is 1.89. The molecule has 3 heterocycles. The molecule has 2 aliphatic rings. The van der Waals surface area contributed by atoms with Gasteiger partial charge in [0.05, 0.1) is 5.02 Å². The van der Waals surface area contributed by atoms with Crippen molar-refractivity contribution in [1.29, 1.82) is 0 Å². The minimum atomic E-state index is -0.380. The Morgan fingerprint density at radius 1 is 1.48 bits per heavy atom. The van der Waals surface area contributed by atoms with Crippen molar-refractivity contribution in [3.63, 3.8) is 0 Å². The van der Waals surface area contributed by atoms with Crippen LogP contribution in [0.5, 0.6) is 0 Å². The first-order valence-electron chi connectivity index (χ1n) is 8.10. The monoisotopic (exact) mass is 340 g/mol. The van der Waals surface area contributed by atoms with Gasteiger partial charge in [0.1, 0.15) is 0 Å². The summed E-state index contributed by atoms with van der Waals surface area (Å²) in [6, 6.07) is 1.57. The Bertz CT molecular complexity index is 585. The van der Waals surface area contributed by atoms with Gasteiger partial charge in [0.25, 0.3) is 0 Å². The molecule has 7 heteroatoms. The molecule has 0 aliphatic carbocycles. The number of likely N-dealkylation sites (tertiary alicyclic amines) is 1. The van der Waals surface area contributed by atoms with Crippen molar-refractivity contribution in [2.24, 2.45) is 5.92 Å². The second-order valence-corrected chi connectivity index (χ2v) is 6.69. The zero-order chi connectivity index (χ0) is 16.4. The Balaban J connectivity index is 1.72. The van der Waals surface area contributed by atoms with Gasteiger partial charge in [-0.3, -0.25) is 4.79 Å². The number of likely N-dealkylation sites (N-methyl/N-ethyl adjacent to an activating group) is 1. The molecule has 0 saturated carbocycles. The highest BCUT2D eigenvalue weighted by atomic mass is 35.5. The highest BCUT2D eigenvalue weighted by molar-refractivity contribution is 6.30. The number of carbonyl (C=O) groups excluding carboxylic acids is 1. The van der Waals surface area contributed by atoms with Crippen molar-refractivity contribution < 1.29 is 9.18 Å². The maximum Gasteiger partial charge on any atom is 0.222 e. The van der Waals surface area contributed by atoms with E-state index in [4.69, 9.17) is 11.6 Å². The number of aromatic nitrogens is 1. The largest absolute Gasteiger partial charge is 0.354 e. The third-order valence-electron chi connectivity index (χ3n) is 4.83. The zero-order valence-electron chi connectivity index (χ0n) is 13.3. The molecule has 1 aromatic heterocycles. The second-order valence-electron chi connectivity index (χ2n) is 6.25. The van der Waals surface area contributed by atoms with Crippen LogP contribution in [0.4, 0.5) is 10.2 Å². The predicted molar refractivity (Wildman–Crippen MR) is 88.2 cm³/mol. The van der Waals surface area contributed by atoms with Crippen LogP contribution in [-0.2, 0) is 4.79 Å². The number of halogens is 2. The summed E-state index contributed by atoms with van der Waals surface area (Å²) in [5.74, 6) is 0.599. The van der Waals surface area contributed by atoms with Gasteiger partial charge in [0.2, 0.25) is 5.91 Å². The van der Waals surface area contributed by atoms with Crippen LogP contribution in [-0.4, -0.2) is 55.1 Å². The fourth-order valence-corrected chi connectivity index (χ4v) is 3.85. The molecule has 23 heavy (non-hydrogen) atoms. The minimum absolute atomic E-state index is 0.241. The SMILES string of the molecule is CNCCN1C(=O)CC[C@H]2CN(c3ncc(Cl)cc3F)CC[C@H]21. The molecule has 0 bridgehead atoms. The van der Waals surface area contributed by atoms with Gasteiger partial charge in [-0.25, -0.2) is 9.37 Å². The topological polar surface area (TPSA) is 48.5 Å². The third-order valence-corrected chi connectivity index (χ3v) is 5.04. The summed E-state index contributed by atoms with van der Waals surface area (Å²) in [5, 5.41) is 3.41. The van der Waals surface area contributed by atoms with E-state index in [-0.39, 0.29) is 17.8 Å². The first-order chi connectivity index (χ1) is 11.1. The fourth-order valence-electron chi connectivity index (χ4n) is 3.71. The summed E-state index contributed by atoms with van der Waals surface area (Å²) in [6.45, 7) is 2.98. The highest BCUT2D eigenvalue weighted by Gasteiger charge is 2.39. The summed E-state index contributed by atoms with van der Waals surface area (Å²) in [6.07, 6.45) is 3.78. The maximum atomic E-state index is 14.1. The van der Waals surface area contributed by atoms with Gasteiger partial charge >= 0.3 is 0 Å². The van der Waals surface area contributed by atoms with E-state index >= 15 is 0 Å². The number of fused-ring (bicyclic) bond motifs is 1. The molecule has 2 aliphatic heterocycles. The second kappa shape index (κ2) is 7.01. The number of nitrogens with zero attached hydrogens (tertiary/aromatic N) is 3. The Hall–Kier alpha value is -1.40. The van der Waals surface area contributed by atoms with E-state index in [1.54, 1.807) is 0 Å².